The first-order valence-electron chi connectivity index (χ1n) is 9.54. The van der Waals surface area contributed by atoms with E-state index in [1.165, 1.54) is 6.20 Å². The maximum Gasteiger partial charge on any atom is 0.253 e. The Bertz CT molecular complexity index is 1050. The minimum absolute atomic E-state index is 0.0967. The number of aryl methyl sites for hydroxylation is 1. The van der Waals surface area contributed by atoms with Crippen LogP contribution in [0.5, 0.6) is 5.88 Å². The largest absolute Gasteiger partial charge is 0.472 e. The quantitative estimate of drug-likeness (QED) is 0.659. The Labute approximate surface area is 168 Å². The molecule has 3 heterocycles. The molecule has 9 nitrogen and oxygen atoms in total. The highest BCUT2D eigenvalue weighted by molar-refractivity contribution is 5.78. The highest BCUT2D eigenvalue weighted by atomic mass is 16.5. The summed E-state index contributed by atoms with van der Waals surface area (Å²) in [4.78, 5) is 13.1. The van der Waals surface area contributed by atoms with E-state index in [0.29, 0.717) is 11.6 Å². The Morgan fingerprint density at radius 3 is 2.69 bits per heavy atom. The second kappa shape index (κ2) is 8.14. The Hall–Kier alpha value is -3.67. The maximum atomic E-state index is 9.30. The number of pyridine rings is 1. The Kier molecular flexibility index (Phi) is 5.24. The normalized spacial score (nSPS) is 13.8. The number of nitrogens with zero attached hydrogens (tertiary/aromatic N) is 6. The molecule has 0 radical (unpaired) electrons. The van der Waals surface area contributed by atoms with Crippen LogP contribution in [0.3, 0.4) is 0 Å². The van der Waals surface area contributed by atoms with Crippen LogP contribution in [0.15, 0.2) is 30.9 Å². The first-order chi connectivity index (χ1) is 14.2. The summed E-state index contributed by atoms with van der Waals surface area (Å²) in [6.45, 7) is 0. The molecular weight excluding hydrogens is 368 g/mol. The summed E-state index contributed by atoms with van der Waals surface area (Å²) in [5, 5.41) is 19.8. The van der Waals surface area contributed by atoms with Gasteiger partial charge in [0.25, 0.3) is 5.88 Å². The fraction of sp³-hybridized carbons (Fsp3) is 0.350. The van der Waals surface area contributed by atoms with Crippen LogP contribution in [-0.2, 0) is 7.05 Å². The zero-order valence-corrected chi connectivity index (χ0v) is 16.4. The van der Waals surface area contributed by atoms with Gasteiger partial charge < -0.3 is 15.4 Å². The molecule has 1 saturated carbocycles. The van der Waals surface area contributed by atoms with Gasteiger partial charge in [0, 0.05) is 49.4 Å². The van der Waals surface area contributed by atoms with E-state index >= 15 is 0 Å². The lowest BCUT2D eigenvalue weighted by Gasteiger charge is -2.14. The fourth-order valence-electron chi connectivity index (χ4n) is 3.41. The van der Waals surface area contributed by atoms with Gasteiger partial charge in [-0.05, 0) is 25.7 Å². The van der Waals surface area contributed by atoms with Crippen molar-refractivity contribution < 1.29 is 4.74 Å². The number of aromatic nitrogens is 5. The third kappa shape index (κ3) is 4.11. The van der Waals surface area contributed by atoms with E-state index in [-0.39, 0.29) is 17.7 Å². The van der Waals surface area contributed by atoms with Crippen molar-refractivity contribution in [3.63, 3.8) is 0 Å². The number of nitrogens with one attached hydrogen (secondary N) is 2. The van der Waals surface area contributed by atoms with Crippen LogP contribution in [-0.4, -0.2) is 37.9 Å². The van der Waals surface area contributed by atoms with Gasteiger partial charge in [0.15, 0.2) is 5.82 Å². The molecule has 0 bridgehead atoms. The molecule has 2 N–H and O–H groups in total. The number of nitriles is 1. The number of hydrogen-bond donors (Lipinski definition) is 2. The third-order valence-corrected chi connectivity index (χ3v) is 4.87. The van der Waals surface area contributed by atoms with Gasteiger partial charge in [0.2, 0.25) is 5.69 Å². The van der Waals surface area contributed by atoms with Crippen molar-refractivity contribution in [1.29, 1.82) is 5.26 Å². The van der Waals surface area contributed by atoms with Gasteiger partial charge in [0.05, 0.1) is 12.4 Å². The summed E-state index contributed by atoms with van der Waals surface area (Å²) >= 11 is 0. The van der Waals surface area contributed by atoms with Crippen LogP contribution < -0.4 is 15.4 Å². The summed E-state index contributed by atoms with van der Waals surface area (Å²) in [5.41, 5.74) is 3.02. The molecular formula is C20H22N8O. The summed E-state index contributed by atoms with van der Waals surface area (Å²) in [5.74, 6) is 1.35. The van der Waals surface area contributed by atoms with E-state index in [1.54, 1.807) is 17.1 Å². The van der Waals surface area contributed by atoms with E-state index in [4.69, 9.17) is 4.74 Å². The molecule has 0 saturated heterocycles. The van der Waals surface area contributed by atoms with E-state index in [1.807, 2.05) is 32.4 Å². The van der Waals surface area contributed by atoms with Crippen molar-refractivity contribution in [2.75, 3.05) is 17.7 Å². The molecule has 0 spiro atoms. The zero-order chi connectivity index (χ0) is 20.2. The molecule has 9 heteroatoms. The van der Waals surface area contributed by atoms with Crippen LogP contribution in [0.1, 0.15) is 31.4 Å². The van der Waals surface area contributed by atoms with Crippen molar-refractivity contribution >= 4 is 17.3 Å². The molecule has 0 amide bonds. The Balaban J connectivity index is 1.57. The van der Waals surface area contributed by atoms with Gasteiger partial charge in [-0.3, -0.25) is 4.68 Å². The van der Waals surface area contributed by atoms with Crippen molar-refractivity contribution in [2.24, 2.45) is 7.05 Å². The SMILES string of the molecule is CNc1cc(Nc2cnc(C#N)c(OC3CCCC3)n2)ncc1-c1cnn(C)c1. The molecule has 4 rings (SSSR count). The van der Waals surface area contributed by atoms with Crippen LogP contribution in [0.25, 0.3) is 11.1 Å². The average Bonchev–Trinajstić information content (AvgIpc) is 3.40. The zero-order valence-electron chi connectivity index (χ0n) is 16.4. The highest BCUT2D eigenvalue weighted by Crippen LogP contribution is 2.30. The van der Waals surface area contributed by atoms with Crippen LogP contribution in [0.2, 0.25) is 0 Å². The third-order valence-electron chi connectivity index (χ3n) is 4.87. The first kappa shape index (κ1) is 18.7. The van der Waals surface area contributed by atoms with E-state index in [0.717, 1.165) is 42.5 Å². The second-order valence-corrected chi connectivity index (χ2v) is 6.94. The molecule has 1 fully saturated rings. The van der Waals surface area contributed by atoms with Crippen LogP contribution in [0.4, 0.5) is 17.3 Å². The monoisotopic (exact) mass is 390 g/mol. The number of anilines is 3. The molecule has 3 aromatic heterocycles. The molecule has 0 atom stereocenters. The average molecular weight is 390 g/mol. The van der Waals surface area contributed by atoms with Crippen LogP contribution >= 0.6 is 0 Å². The van der Waals surface area contributed by atoms with Gasteiger partial charge in [-0.15, -0.1) is 0 Å². The number of rotatable bonds is 6. The summed E-state index contributed by atoms with van der Waals surface area (Å²) in [7, 11) is 3.73. The lowest BCUT2D eigenvalue weighted by Crippen LogP contribution is -2.14. The predicted molar refractivity (Wildman–Crippen MR) is 109 cm³/mol. The molecule has 0 aromatic carbocycles. The molecule has 29 heavy (non-hydrogen) atoms. The standard InChI is InChI=1S/C20H22N8O/c1-22-16-7-18(24-10-15(16)13-9-25-28(2)12-13)26-19-11-23-17(8-21)20(27-19)29-14-5-3-4-6-14/h7,9-12,14H,3-6H2,1-2H3,(H2,22,24,26,27). The van der Waals surface area contributed by atoms with E-state index in [9.17, 15) is 5.26 Å². The summed E-state index contributed by atoms with van der Waals surface area (Å²) in [6.07, 6.45) is 11.3. The second-order valence-electron chi connectivity index (χ2n) is 6.94. The van der Waals surface area contributed by atoms with Gasteiger partial charge in [-0.1, -0.05) is 0 Å². The van der Waals surface area contributed by atoms with Crippen molar-refractivity contribution in [3.05, 3.63) is 36.5 Å². The van der Waals surface area contributed by atoms with Gasteiger partial charge in [-0.2, -0.15) is 15.3 Å². The molecule has 1 aliphatic carbocycles. The number of ether oxygens (including phenoxy) is 1. The van der Waals surface area contributed by atoms with Crippen molar-refractivity contribution in [2.45, 2.75) is 31.8 Å². The van der Waals surface area contributed by atoms with Gasteiger partial charge >= 0.3 is 0 Å². The van der Waals surface area contributed by atoms with Gasteiger partial charge in [0.1, 0.15) is 18.0 Å². The Morgan fingerprint density at radius 1 is 1.17 bits per heavy atom. The van der Waals surface area contributed by atoms with Gasteiger partial charge in [-0.25, -0.2) is 9.97 Å². The van der Waals surface area contributed by atoms with Crippen molar-refractivity contribution in [3.8, 4) is 23.1 Å². The lowest BCUT2D eigenvalue weighted by molar-refractivity contribution is 0.200. The van der Waals surface area contributed by atoms with Crippen molar-refractivity contribution in [1.82, 2.24) is 24.7 Å². The molecule has 0 aliphatic heterocycles. The smallest absolute Gasteiger partial charge is 0.253 e. The maximum absolute atomic E-state index is 9.30. The first-order valence-corrected chi connectivity index (χ1v) is 9.54. The lowest BCUT2D eigenvalue weighted by atomic mass is 10.1. The van der Waals surface area contributed by atoms with Crippen LogP contribution in [0, 0.1) is 11.3 Å². The summed E-state index contributed by atoms with van der Waals surface area (Å²) in [6, 6.07) is 3.94. The minimum Gasteiger partial charge on any atom is -0.472 e. The predicted octanol–water partition coefficient (Wildman–Crippen LogP) is 3.25. The van der Waals surface area contributed by atoms with E-state index in [2.05, 4.69) is 30.7 Å². The fourth-order valence-corrected chi connectivity index (χ4v) is 3.41. The minimum atomic E-state index is 0.0967. The molecule has 148 valence electrons. The Morgan fingerprint density at radius 2 is 2.00 bits per heavy atom. The molecule has 1 aliphatic rings. The topological polar surface area (TPSA) is 114 Å². The molecule has 3 aromatic rings. The number of hydrogen-bond acceptors (Lipinski definition) is 8. The summed E-state index contributed by atoms with van der Waals surface area (Å²) < 4.78 is 7.67. The highest BCUT2D eigenvalue weighted by Gasteiger charge is 2.20. The molecule has 0 unspecified atom stereocenters. The van der Waals surface area contributed by atoms with E-state index < -0.39 is 0 Å².